The van der Waals surface area contributed by atoms with E-state index < -0.39 is 0 Å². The van der Waals surface area contributed by atoms with Crippen molar-refractivity contribution in [2.75, 3.05) is 38.0 Å². The van der Waals surface area contributed by atoms with E-state index in [-0.39, 0.29) is 5.91 Å². The summed E-state index contributed by atoms with van der Waals surface area (Å²) >= 11 is 6.02. The summed E-state index contributed by atoms with van der Waals surface area (Å²) in [5.41, 5.74) is 1.62. The van der Waals surface area contributed by atoms with Crippen LogP contribution in [0, 0.1) is 0 Å². The fraction of sp³-hybridized carbons (Fsp3) is 0.316. The first-order chi connectivity index (χ1) is 12.0. The smallest absolute Gasteiger partial charge is 0.224 e. The van der Waals surface area contributed by atoms with Crippen LogP contribution in [0.3, 0.4) is 0 Å². The summed E-state index contributed by atoms with van der Waals surface area (Å²) in [4.78, 5) is 14.1. The molecule has 6 heteroatoms. The van der Waals surface area contributed by atoms with Crippen molar-refractivity contribution in [3.63, 3.8) is 0 Å². The van der Waals surface area contributed by atoms with Gasteiger partial charge in [-0.15, -0.1) is 0 Å². The van der Waals surface area contributed by atoms with Gasteiger partial charge in [-0.3, -0.25) is 4.79 Å². The number of nitrogens with zero attached hydrogens (tertiary/aromatic N) is 1. The molecule has 25 heavy (non-hydrogen) atoms. The number of ether oxygens (including phenoxy) is 2. The average Bonchev–Trinajstić information content (AvgIpc) is 2.59. The van der Waals surface area contributed by atoms with Gasteiger partial charge in [-0.25, -0.2) is 0 Å². The normalized spacial score (nSPS) is 10.2. The van der Waals surface area contributed by atoms with Gasteiger partial charge in [0.1, 0.15) is 11.5 Å². The topological polar surface area (TPSA) is 50.8 Å². The van der Waals surface area contributed by atoms with Crippen molar-refractivity contribution in [1.82, 2.24) is 0 Å². The molecule has 1 N–H and O–H groups in total. The van der Waals surface area contributed by atoms with Crippen LogP contribution in [0.15, 0.2) is 42.5 Å². The number of benzene rings is 2. The lowest BCUT2D eigenvalue weighted by Gasteiger charge is -2.18. The number of carbonyl (C=O) groups excluding carboxylic acids is 1. The maximum Gasteiger partial charge on any atom is 0.224 e. The first-order valence-corrected chi connectivity index (χ1v) is 8.41. The van der Waals surface area contributed by atoms with Gasteiger partial charge in [0, 0.05) is 25.5 Å². The molecule has 2 aromatic rings. The van der Waals surface area contributed by atoms with Crippen molar-refractivity contribution in [2.45, 2.75) is 12.8 Å². The average molecular weight is 363 g/mol. The van der Waals surface area contributed by atoms with Crippen molar-refractivity contribution in [1.29, 1.82) is 0 Å². The third-order valence-electron chi connectivity index (χ3n) is 3.59. The molecule has 0 saturated heterocycles. The molecule has 5 nitrogen and oxygen atoms in total. The Kier molecular flexibility index (Phi) is 6.95. The largest absolute Gasteiger partial charge is 0.497 e. The molecule has 0 unspecified atom stereocenters. The Bertz CT molecular complexity index is 702. The highest BCUT2D eigenvalue weighted by Gasteiger charge is 2.09. The van der Waals surface area contributed by atoms with Gasteiger partial charge in [-0.2, -0.15) is 0 Å². The van der Waals surface area contributed by atoms with E-state index in [0.717, 1.165) is 17.2 Å². The van der Waals surface area contributed by atoms with Crippen LogP contribution in [0.2, 0.25) is 5.02 Å². The van der Waals surface area contributed by atoms with Crippen LogP contribution in [0.1, 0.15) is 12.8 Å². The van der Waals surface area contributed by atoms with Crippen LogP contribution < -0.4 is 19.7 Å². The molecule has 0 bridgehead atoms. The molecule has 2 rings (SSSR count). The standard InChI is InChI=1S/C19H23ClN2O3/c1-22(2)18-11-6-14(20)13-17(18)21-19(23)5-4-12-25-16-9-7-15(24-3)8-10-16/h6-11,13H,4-5,12H2,1-3H3,(H,21,23). The first kappa shape index (κ1) is 18.9. The quantitative estimate of drug-likeness (QED) is 0.714. The van der Waals surface area contributed by atoms with E-state index in [4.69, 9.17) is 21.1 Å². The fourth-order valence-corrected chi connectivity index (χ4v) is 2.48. The van der Waals surface area contributed by atoms with Crippen molar-refractivity contribution in [3.8, 4) is 11.5 Å². The summed E-state index contributed by atoms with van der Waals surface area (Å²) in [6.07, 6.45) is 0.991. The zero-order chi connectivity index (χ0) is 18.2. The lowest BCUT2D eigenvalue weighted by molar-refractivity contribution is -0.116. The number of methoxy groups -OCH3 is 1. The predicted molar refractivity (Wildman–Crippen MR) is 102 cm³/mol. The summed E-state index contributed by atoms with van der Waals surface area (Å²) in [7, 11) is 5.46. The Balaban J connectivity index is 1.80. The molecule has 134 valence electrons. The molecule has 0 saturated carbocycles. The number of rotatable bonds is 8. The molecule has 0 aromatic heterocycles. The Morgan fingerprint density at radius 3 is 2.44 bits per heavy atom. The molecule has 0 heterocycles. The molecular weight excluding hydrogens is 340 g/mol. The summed E-state index contributed by atoms with van der Waals surface area (Å²) in [5.74, 6) is 1.47. The lowest BCUT2D eigenvalue weighted by Crippen LogP contribution is -2.17. The molecule has 1 amide bonds. The van der Waals surface area contributed by atoms with Crippen molar-refractivity contribution in [3.05, 3.63) is 47.5 Å². The minimum atomic E-state index is -0.0660. The Hall–Kier alpha value is -2.40. The molecule has 0 atom stereocenters. The highest BCUT2D eigenvalue weighted by molar-refractivity contribution is 6.31. The van der Waals surface area contributed by atoms with E-state index in [2.05, 4.69) is 5.32 Å². The number of nitrogens with one attached hydrogen (secondary N) is 1. The summed E-state index contributed by atoms with van der Waals surface area (Å²) in [6, 6.07) is 12.8. The van der Waals surface area contributed by atoms with Gasteiger partial charge < -0.3 is 19.7 Å². The fourth-order valence-electron chi connectivity index (χ4n) is 2.31. The number of carbonyl (C=O) groups is 1. The van der Waals surface area contributed by atoms with Gasteiger partial charge in [0.2, 0.25) is 5.91 Å². The highest BCUT2D eigenvalue weighted by Crippen LogP contribution is 2.28. The molecule has 0 fully saturated rings. The molecular formula is C19H23ClN2O3. The van der Waals surface area contributed by atoms with E-state index in [1.54, 1.807) is 19.2 Å². The van der Waals surface area contributed by atoms with Crippen molar-refractivity contribution < 1.29 is 14.3 Å². The second-order valence-corrected chi connectivity index (χ2v) is 6.17. The van der Waals surface area contributed by atoms with E-state index >= 15 is 0 Å². The van der Waals surface area contributed by atoms with Gasteiger partial charge in [-0.05, 0) is 48.9 Å². The maximum atomic E-state index is 12.1. The molecule has 0 spiro atoms. The Morgan fingerprint density at radius 1 is 1.12 bits per heavy atom. The van der Waals surface area contributed by atoms with Gasteiger partial charge in [0.15, 0.2) is 0 Å². The zero-order valence-electron chi connectivity index (χ0n) is 14.7. The van der Waals surface area contributed by atoms with Crippen molar-refractivity contribution >= 4 is 28.9 Å². The third kappa shape index (κ3) is 5.87. The van der Waals surface area contributed by atoms with Crippen LogP contribution >= 0.6 is 11.6 Å². The molecule has 2 aromatic carbocycles. The minimum absolute atomic E-state index is 0.0660. The number of halogens is 1. The zero-order valence-corrected chi connectivity index (χ0v) is 15.5. The van der Waals surface area contributed by atoms with Crippen LogP contribution in [0.4, 0.5) is 11.4 Å². The van der Waals surface area contributed by atoms with Gasteiger partial charge in [0.05, 0.1) is 25.1 Å². The predicted octanol–water partition coefficient (Wildman–Crippen LogP) is 4.21. The summed E-state index contributed by atoms with van der Waals surface area (Å²) in [6.45, 7) is 0.468. The number of hydrogen-bond acceptors (Lipinski definition) is 4. The van der Waals surface area contributed by atoms with Crippen LogP contribution in [-0.2, 0) is 4.79 Å². The van der Waals surface area contributed by atoms with Gasteiger partial charge in [0.25, 0.3) is 0 Å². The van der Waals surface area contributed by atoms with E-state index in [0.29, 0.717) is 30.2 Å². The SMILES string of the molecule is COc1ccc(OCCCC(=O)Nc2cc(Cl)ccc2N(C)C)cc1. The van der Waals surface area contributed by atoms with Crippen LogP contribution in [0.5, 0.6) is 11.5 Å². The first-order valence-electron chi connectivity index (χ1n) is 8.03. The summed E-state index contributed by atoms with van der Waals surface area (Å²) < 4.78 is 10.7. The third-order valence-corrected chi connectivity index (χ3v) is 3.83. The number of amides is 1. The Morgan fingerprint density at radius 2 is 1.80 bits per heavy atom. The Labute approximate surface area is 153 Å². The van der Waals surface area contributed by atoms with E-state index in [1.807, 2.05) is 49.3 Å². The molecule has 0 aliphatic rings. The second-order valence-electron chi connectivity index (χ2n) is 5.73. The van der Waals surface area contributed by atoms with Gasteiger partial charge in [-0.1, -0.05) is 11.6 Å². The second kappa shape index (κ2) is 9.18. The summed E-state index contributed by atoms with van der Waals surface area (Å²) in [5, 5.41) is 3.50. The number of hydrogen-bond donors (Lipinski definition) is 1. The molecule has 0 radical (unpaired) electrons. The van der Waals surface area contributed by atoms with E-state index in [1.165, 1.54) is 0 Å². The maximum absolute atomic E-state index is 12.1. The highest BCUT2D eigenvalue weighted by atomic mass is 35.5. The minimum Gasteiger partial charge on any atom is -0.497 e. The van der Waals surface area contributed by atoms with Crippen LogP contribution in [-0.4, -0.2) is 33.7 Å². The molecule has 0 aliphatic heterocycles. The molecule has 0 aliphatic carbocycles. The number of anilines is 2. The van der Waals surface area contributed by atoms with E-state index in [9.17, 15) is 4.79 Å². The lowest BCUT2D eigenvalue weighted by atomic mass is 10.2. The van der Waals surface area contributed by atoms with Gasteiger partial charge >= 0.3 is 0 Å². The monoisotopic (exact) mass is 362 g/mol. The van der Waals surface area contributed by atoms with Crippen LogP contribution in [0.25, 0.3) is 0 Å². The van der Waals surface area contributed by atoms with Crippen molar-refractivity contribution in [2.24, 2.45) is 0 Å².